The lowest BCUT2D eigenvalue weighted by Gasteiger charge is -1.88. The fourth-order valence-electron chi connectivity index (χ4n) is 0.624. The van der Waals surface area contributed by atoms with Crippen molar-refractivity contribution >= 4 is 53.0 Å². The van der Waals surface area contributed by atoms with E-state index in [1.807, 2.05) is 0 Å². The van der Waals surface area contributed by atoms with E-state index < -0.39 is 15.0 Å². The van der Waals surface area contributed by atoms with Crippen LogP contribution in [0.2, 0.25) is 0 Å². The van der Waals surface area contributed by atoms with Gasteiger partial charge in [-0.3, -0.25) is 0 Å². The smallest absolute Gasteiger partial charge is 0.345 e. The Bertz CT molecular complexity index is 449. The highest BCUT2D eigenvalue weighted by Gasteiger charge is 2.20. The van der Waals surface area contributed by atoms with E-state index in [4.69, 9.17) is 15.8 Å². The van der Waals surface area contributed by atoms with Gasteiger partial charge in [0, 0.05) is 10.7 Å². The molecule has 0 saturated carbocycles. The van der Waals surface area contributed by atoms with Crippen LogP contribution in [0.15, 0.2) is 14.7 Å². The van der Waals surface area contributed by atoms with Crippen LogP contribution in [-0.2, 0) is 9.05 Å². The molecule has 1 N–H and O–H groups in total. The number of aromatic carboxylic acids is 1. The molecule has 4 nitrogen and oxygen atoms in total. The van der Waals surface area contributed by atoms with Crippen LogP contribution >= 0.6 is 37.9 Å². The first-order chi connectivity index (χ1) is 5.82. The molecule has 0 aromatic carbocycles. The molecule has 0 bridgehead atoms. The third kappa shape index (κ3) is 2.43. The minimum atomic E-state index is -3.87. The topological polar surface area (TPSA) is 71.4 Å². The van der Waals surface area contributed by atoms with Crippen molar-refractivity contribution in [3.63, 3.8) is 0 Å². The molecule has 0 aliphatic carbocycles. The summed E-state index contributed by atoms with van der Waals surface area (Å²) in [4.78, 5) is 10.2. The van der Waals surface area contributed by atoms with Crippen molar-refractivity contribution in [3.8, 4) is 0 Å². The highest BCUT2D eigenvalue weighted by Crippen LogP contribution is 2.33. The van der Waals surface area contributed by atoms with Gasteiger partial charge in [0.1, 0.15) is 9.77 Å². The quantitative estimate of drug-likeness (QED) is 0.850. The fourth-order valence-corrected chi connectivity index (χ4v) is 4.28. The number of rotatable bonds is 2. The third-order valence-corrected chi connectivity index (χ3v) is 4.69. The van der Waals surface area contributed by atoms with Gasteiger partial charge < -0.3 is 5.11 Å². The maximum absolute atomic E-state index is 10.8. The highest BCUT2D eigenvalue weighted by atomic mass is 79.9. The lowest BCUT2D eigenvalue weighted by Crippen LogP contribution is -1.92. The largest absolute Gasteiger partial charge is 0.477 e. The molecular formula is C5H2BrClO4S2. The Morgan fingerprint density at radius 2 is 2.15 bits per heavy atom. The number of thiophene rings is 1. The molecule has 1 rings (SSSR count). The van der Waals surface area contributed by atoms with Crippen LogP contribution in [-0.4, -0.2) is 19.5 Å². The second-order valence-corrected chi connectivity index (χ2v) is 6.90. The average molecular weight is 306 g/mol. The minimum Gasteiger partial charge on any atom is -0.477 e. The summed E-state index contributed by atoms with van der Waals surface area (Å²) in [5.41, 5.74) is 0. The van der Waals surface area contributed by atoms with Crippen LogP contribution in [0.5, 0.6) is 0 Å². The molecule has 0 spiro atoms. The van der Waals surface area contributed by atoms with Crippen molar-refractivity contribution in [1.82, 2.24) is 0 Å². The van der Waals surface area contributed by atoms with Gasteiger partial charge in [-0.25, -0.2) is 13.2 Å². The van der Waals surface area contributed by atoms with Crippen LogP contribution < -0.4 is 0 Å². The molecule has 72 valence electrons. The summed E-state index contributed by atoms with van der Waals surface area (Å²) in [6, 6.07) is 1.01. The van der Waals surface area contributed by atoms with Crippen molar-refractivity contribution < 1.29 is 18.3 Å². The zero-order valence-electron chi connectivity index (χ0n) is 5.82. The summed E-state index contributed by atoms with van der Waals surface area (Å²) in [6.07, 6.45) is 0. The predicted molar refractivity (Wildman–Crippen MR) is 52.0 cm³/mol. The van der Waals surface area contributed by atoms with Gasteiger partial charge in [-0.15, -0.1) is 11.3 Å². The van der Waals surface area contributed by atoms with Crippen LogP contribution in [0.1, 0.15) is 9.67 Å². The Balaban J connectivity index is 3.35. The number of carbonyl (C=O) groups is 1. The van der Waals surface area contributed by atoms with Gasteiger partial charge in [0.15, 0.2) is 0 Å². The molecule has 1 heterocycles. The maximum atomic E-state index is 10.8. The molecule has 1 aromatic heterocycles. The van der Waals surface area contributed by atoms with Gasteiger partial charge in [0.2, 0.25) is 0 Å². The average Bonchev–Trinajstić information content (AvgIpc) is 2.29. The van der Waals surface area contributed by atoms with E-state index in [2.05, 4.69) is 15.9 Å². The molecule has 8 heteroatoms. The van der Waals surface area contributed by atoms with E-state index in [-0.39, 0.29) is 13.6 Å². The van der Waals surface area contributed by atoms with Crippen molar-refractivity contribution in [2.75, 3.05) is 0 Å². The minimum absolute atomic E-state index is 0.0777. The molecule has 0 fully saturated rings. The lowest BCUT2D eigenvalue weighted by molar-refractivity contribution is 0.0702. The number of halogens is 2. The Labute approximate surface area is 90.7 Å². The molecule has 0 radical (unpaired) electrons. The van der Waals surface area contributed by atoms with E-state index in [0.29, 0.717) is 0 Å². The number of carboxylic acid groups (broad SMARTS) is 1. The monoisotopic (exact) mass is 304 g/mol. The molecule has 13 heavy (non-hydrogen) atoms. The molecule has 0 unspecified atom stereocenters. The summed E-state index contributed by atoms with van der Waals surface area (Å²) in [5.74, 6) is -1.18. The van der Waals surface area contributed by atoms with Crippen LogP contribution in [0.4, 0.5) is 0 Å². The predicted octanol–water partition coefficient (Wildman–Crippen LogP) is 2.14. The van der Waals surface area contributed by atoms with E-state index in [9.17, 15) is 13.2 Å². The number of carboxylic acids is 1. The Kier molecular flexibility index (Phi) is 3.01. The molecular weight excluding hydrogens is 304 g/mol. The van der Waals surface area contributed by atoms with E-state index in [0.717, 1.165) is 17.4 Å². The van der Waals surface area contributed by atoms with Gasteiger partial charge in [-0.2, -0.15) is 0 Å². The highest BCUT2D eigenvalue weighted by molar-refractivity contribution is 9.11. The van der Waals surface area contributed by atoms with Crippen molar-refractivity contribution in [3.05, 3.63) is 14.7 Å². The summed E-state index contributed by atoms with van der Waals surface area (Å²) >= 11 is 3.72. The lowest BCUT2D eigenvalue weighted by atomic mass is 10.5. The third-order valence-electron chi connectivity index (χ3n) is 1.13. The maximum Gasteiger partial charge on any atom is 0.345 e. The molecule has 0 atom stereocenters. The SMILES string of the molecule is O=C(O)c1cc(S(=O)(=O)Cl)c(Br)s1. The van der Waals surface area contributed by atoms with E-state index in [1.165, 1.54) is 0 Å². The van der Waals surface area contributed by atoms with Gasteiger partial charge in [-0.05, 0) is 22.0 Å². The van der Waals surface area contributed by atoms with Crippen molar-refractivity contribution in [1.29, 1.82) is 0 Å². The molecule has 0 saturated heterocycles. The standard InChI is InChI=1S/C5H2BrClO4S2/c6-4-3(13(7,10)11)1-2(12-4)5(8)9/h1H,(H,8,9). The zero-order valence-corrected chi connectivity index (χ0v) is 9.80. The summed E-state index contributed by atoms with van der Waals surface area (Å²) in [5, 5.41) is 8.54. The Hall–Kier alpha value is -0.110. The van der Waals surface area contributed by atoms with Crippen LogP contribution in [0, 0.1) is 0 Å². The van der Waals surface area contributed by atoms with Gasteiger partial charge >= 0.3 is 5.97 Å². The molecule has 1 aromatic rings. The fraction of sp³-hybridized carbons (Fsp3) is 0. The van der Waals surface area contributed by atoms with Crippen molar-refractivity contribution in [2.24, 2.45) is 0 Å². The second-order valence-electron chi connectivity index (χ2n) is 1.99. The summed E-state index contributed by atoms with van der Waals surface area (Å²) in [7, 11) is 1.16. The zero-order chi connectivity index (χ0) is 10.2. The first-order valence-electron chi connectivity index (χ1n) is 2.79. The second kappa shape index (κ2) is 3.56. The van der Waals surface area contributed by atoms with Gasteiger partial charge in [0.05, 0.1) is 3.79 Å². The molecule has 0 aliphatic rings. The molecule has 0 amide bonds. The molecule has 0 aliphatic heterocycles. The van der Waals surface area contributed by atoms with E-state index in [1.54, 1.807) is 0 Å². The Morgan fingerprint density at radius 1 is 1.62 bits per heavy atom. The van der Waals surface area contributed by atoms with Crippen LogP contribution in [0.3, 0.4) is 0 Å². The van der Waals surface area contributed by atoms with Crippen LogP contribution in [0.25, 0.3) is 0 Å². The van der Waals surface area contributed by atoms with Gasteiger partial charge in [-0.1, -0.05) is 0 Å². The Morgan fingerprint density at radius 3 is 2.38 bits per heavy atom. The summed E-state index contributed by atoms with van der Waals surface area (Å²) in [6.45, 7) is 0. The van der Waals surface area contributed by atoms with Crippen molar-refractivity contribution in [2.45, 2.75) is 4.90 Å². The number of hydrogen-bond donors (Lipinski definition) is 1. The summed E-state index contributed by atoms with van der Waals surface area (Å²) < 4.78 is 21.9. The van der Waals surface area contributed by atoms with Gasteiger partial charge in [0.25, 0.3) is 9.05 Å². The van der Waals surface area contributed by atoms with E-state index >= 15 is 0 Å². The first kappa shape index (κ1) is 11.0. The normalized spacial score (nSPS) is 11.5. The first-order valence-corrected chi connectivity index (χ1v) is 6.71. The number of hydrogen-bond acceptors (Lipinski definition) is 4.